The fraction of sp³-hybridized carbons (Fsp3) is 0.684. The zero-order chi connectivity index (χ0) is 17.9. The van der Waals surface area contributed by atoms with E-state index in [1.807, 2.05) is 19.9 Å². The number of rotatable bonds is 3. The van der Waals surface area contributed by atoms with Gasteiger partial charge in [-0.3, -0.25) is 4.79 Å². The van der Waals surface area contributed by atoms with E-state index in [1.165, 1.54) is 0 Å². The van der Waals surface area contributed by atoms with E-state index in [0.717, 1.165) is 36.2 Å². The molecule has 0 aliphatic heterocycles. The molecule has 0 saturated heterocycles. The van der Waals surface area contributed by atoms with E-state index in [2.05, 4.69) is 45.0 Å². The second-order valence-electron chi connectivity index (χ2n) is 8.97. The Kier molecular flexibility index (Phi) is 3.96. The molecular weight excluding hydrogens is 316 g/mol. The summed E-state index contributed by atoms with van der Waals surface area (Å²) in [5.41, 5.74) is 2.23. The lowest BCUT2D eigenvalue weighted by atomic mass is 9.72. The Morgan fingerprint density at radius 2 is 2.04 bits per heavy atom. The summed E-state index contributed by atoms with van der Waals surface area (Å²) in [6, 6.07) is 1.95. The molecule has 0 aromatic carbocycles. The van der Waals surface area contributed by atoms with Crippen LogP contribution in [0, 0.1) is 19.8 Å². The largest absolute Gasteiger partial charge is 0.407 e. The second-order valence-corrected chi connectivity index (χ2v) is 13.7. The molecular formula is C19H30N2O2Si. The Balaban J connectivity index is 1.94. The highest BCUT2D eigenvalue weighted by Gasteiger charge is 2.58. The van der Waals surface area contributed by atoms with Crippen molar-refractivity contribution in [3.05, 3.63) is 29.1 Å². The molecule has 2 aliphatic rings. The quantitative estimate of drug-likeness (QED) is 0.749. The topological polar surface area (TPSA) is 44.1 Å². The fourth-order valence-electron chi connectivity index (χ4n) is 3.79. The van der Waals surface area contributed by atoms with E-state index < -0.39 is 8.32 Å². The van der Waals surface area contributed by atoms with Crippen molar-refractivity contribution in [2.45, 2.75) is 77.6 Å². The third-order valence-electron chi connectivity index (χ3n) is 6.16. The number of fused-ring (bicyclic) bond motifs is 1. The Morgan fingerprint density at radius 1 is 1.38 bits per heavy atom. The van der Waals surface area contributed by atoms with Gasteiger partial charge in [0.2, 0.25) is 0 Å². The summed E-state index contributed by atoms with van der Waals surface area (Å²) >= 11 is 0. The van der Waals surface area contributed by atoms with Crippen LogP contribution in [0.1, 0.15) is 56.2 Å². The molecule has 24 heavy (non-hydrogen) atoms. The number of hydrogen-bond donors (Lipinski definition) is 0. The first-order chi connectivity index (χ1) is 11.0. The molecule has 0 bridgehead atoms. The van der Waals surface area contributed by atoms with E-state index in [9.17, 15) is 4.79 Å². The third kappa shape index (κ3) is 2.53. The Bertz CT molecular complexity index is 711. The molecule has 1 aromatic rings. The number of aryl methyl sites for hydroxylation is 2. The highest BCUT2D eigenvalue weighted by atomic mass is 28.4. The summed E-state index contributed by atoms with van der Waals surface area (Å²) < 4.78 is 8.41. The van der Waals surface area contributed by atoms with E-state index in [1.54, 1.807) is 4.68 Å². The van der Waals surface area contributed by atoms with Crippen LogP contribution < -0.4 is 0 Å². The van der Waals surface area contributed by atoms with Crippen molar-refractivity contribution in [1.82, 2.24) is 9.78 Å². The van der Waals surface area contributed by atoms with Gasteiger partial charge in [-0.25, -0.2) is 4.68 Å². The molecule has 3 rings (SSSR count). The average Bonchev–Trinajstić information content (AvgIpc) is 2.91. The van der Waals surface area contributed by atoms with Crippen LogP contribution in [0.15, 0.2) is 17.7 Å². The fourth-order valence-corrected chi connectivity index (χ4v) is 5.37. The average molecular weight is 347 g/mol. The standard InChI is InChI=1S/C19H30N2O2Si/c1-13-11-14(2)21(20-13)17(22)16-12-15-9-8-10-19(15,16)23-24(6,7)18(3,4)5/h11-12,15H,8-10H2,1-7H3/t15-,19+/m1/s1. The molecule has 0 amide bonds. The van der Waals surface area contributed by atoms with E-state index in [0.29, 0.717) is 5.92 Å². The lowest BCUT2D eigenvalue weighted by Crippen LogP contribution is -2.57. The molecule has 0 N–H and O–H groups in total. The number of nitrogens with zero attached hydrogens (tertiary/aromatic N) is 2. The van der Waals surface area contributed by atoms with Crippen molar-refractivity contribution in [3.8, 4) is 0 Å². The minimum atomic E-state index is -1.95. The predicted octanol–water partition coefficient (Wildman–Crippen LogP) is 4.64. The van der Waals surface area contributed by atoms with Gasteiger partial charge in [-0.05, 0) is 57.3 Å². The Morgan fingerprint density at radius 3 is 2.54 bits per heavy atom. The van der Waals surface area contributed by atoms with E-state index in [-0.39, 0.29) is 16.5 Å². The molecule has 0 spiro atoms. The van der Waals surface area contributed by atoms with Gasteiger partial charge in [0, 0.05) is 17.2 Å². The first-order valence-electron chi connectivity index (χ1n) is 8.98. The van der Waals surface area contributed by atoms with Gasteiger partial charge in [-0.2, -0.15) is 5.10 Å². The molecule has 1 saturated carbocycles. The van der Waals surface area contributed by atoms with Crippen molar-refractivity contribution >= 4 is 14.2 Å². The van der Waals surface area contributed by atoms with Crippen LogP contribution >= 0.6 is 0 Å². The summed E-state index contributed by atoms with van der Waals surface area (Å²) in [6.45, 7) is 15.2. The number of hydrogen-bond acceptors (Lipinski definition) is 3. The van der Waals surface area contributed by atoms with Crippen LogP contribution in [-0.2, 0) is 4.43 Å². The van der Waals surface area contributed by atoms with E-state index in [4.69, 9.17) is 4.43 Å². The Labute approximate surface area is 146 Å². The zero-order valence-electron chi connectivity index (χ0n) is 16.1. The lowest BCUT2D eigenvalue weighted by Gasteiger charge is -2.51. The number of carbonyl (C=O) groups excluding carboxylic acids is 1. The molecule has 1 aromatic heterocycles. The minimum Gasteiger partial charge on any atom is -0.407 e. The minimum absolute atomic E-state index is 0.00235. The molecule has 0 unspecified atom stereocenters. The lowest BCUT2D eigenvalue weighted by molar-refractivity contribution is 0.0371. The molecule has 1 fully saturated rings. The van der Waals surface area contributed by atoms with Crippen LogP contribution in [-0.4, -0.2) is 29.6 Å². The Hall–Kier alpha value is -1.20. The van der Waals surface area contributed by atoms with Gasteiger partial charge in [0.15, 0.2) is 8.32 Å². The van der Waals surface area contributed by atoms with Crippen LogP contribution in [0.3, 0.4) is 0 Å². The zero-order valence-corrected chi connectivity index (χ0v) is 17.1. The molecule has 2 atom stereocenters. The highest BCUT2D eigenvalue weighted by molar-refractivity contribution is 6.74. The van der Waals surface area contributed by atoms with Crippen molar-refractivity contribution in [1.29, 1.82) is 0 Å². The molecule has 1 heterocycles. The normalized spacial score (nSPS) is 26.8. The van der Waals surface area contributed by atoms with Gasteiger partial charge in [-0.15, -0.1) is 0 Å². The number of carbonyl (C=O) groups is 1. The highest BCUT2D eigenvalue weighted by Crippen LogP contribution is 2.56. The SMILES string of the molecule is Cc1cc(C)n(C(=O)C2=C[C@H]3CCC[C@@]23O[Si](C)(C)C(C)(C)C)n1. The summed E-state index contributed by atoms with van der Waals surface area (Å²) in [5.74, 6) is 0.389. The maximum atomic E-state index is 13.1. The van der Waals surface area contributed by atoms with Crippen molar-refractivity contribution in [3.63, 3.8) is 0 Å². The van der Waals surface area contributed by atoms with Crippen LogP contribution in [0.25, 0.3) is 0 Å². The molecule has 0 radical (unpaired) electrons. The van der Waals surface area contributed by atoms with Gasteiger partial charge in [0.25, 0.3) is 5.91 Å². The summed E-state index contributed by atoms with van der Waals surface area (Å²) in [5, 5.41) is 4.52. The first kappa shape index (κ1) is 17.6. The third-order valence-corrected chi connectivity index (χ3v) is 10.6. The smallest absolute Gasteiger partial charge is 0.276 e. The van der Waals surface area contributed by atoms with Crippen molar-refractivity contribution in [2.24, 2.45) is 5.92 Å². The molecule has 4 nitrogen and oxygen atoms in total. The predicted molar refractivity (Wildman–Crippen MR) is 98.8 cm³/mol. The maximum Gasteiger partial charge on any atom is 0.276 e. The van der Waals surface area contributed by atoms with Crippen molar-refractivity contribution in [2.75, 3.05) is 0 Å². The summed E-state index contributed by atoms with van der Waals surface area (Å²) in [7, 11) is -1.95. The van der Waals surface area contributed by atoms with Gasteiger partial charge >= 0.3 is 0 Å². The summed E-state index contributed by atoms with van der Waals surface area (Å²) in [4.78, 5) is 13.1. The monoisotopic (exact) mass is 346 g/mol. The van der Waals surface area contributed by atoms with Gasteiger partial charge in [0.1, 0.15) is 0 Å². The summed E-state index contributed by atoms with van der Waals surface area (Å²) in [6.07, 6.45) is 5.35. The van der Waals surface area contributed by atoms with Gasteiger partial charge < -0.3 is 4.43 Å². The van der Waals surface area contributed by atoms with Gasteiger partial charge in [0.05, 0.1) is 11.3 Å². The first-order valence-corrected chi connectivity index (χ1v) is 11.9. The maximum absolute atomic E-state index is 13.1. The number of aromatic nitrogens is 2. The van der Waals surface area contributed by atoms with Crippen LogP contribution in [0.4, 0.5) is 0 Å². The van der Waals surface area contributed by atoms with Crippen LogP contribution in [0.5, 0.6) is 0 Å². The van der Waals surface area contributed by atoms with Gasteiger partial charge in [-0.1, -0.05) is 26.8 Å². The molecule has 5 heteroatoms. The van der Waals surface area contributed by atoms with Crippen LogP contribution in [0.2, 0.25) is 18.1 Å². The van der Waals surface area contributed by atoms with E-state index >= 15 is 0 Å². The molecule has 132 valence electrons. The van der Waals surface area contributed by atoms with Crippen molar-refractivity contribution < 1.29 is 9.22 Å². The molecule has 2 aliphatic carbocycles. The second kappa shape index (κ2) is 5.40.